The highest BCUT2D eigenvalue weighted by Crippen LogP contribution is 2.21. The number of rotatable bonds is 2. The average Bonchev–Trinajstić information content (AvgIpc) is 2.81. The molecular weight excluding hydrogens is 226 g/mol. The second-order valence-electron chi connectivity index (χ2n) is 3.79. The highest BCUT2D eigenvalue weighted by Gasteiger charge is 2.38. The van der Waals surface area contributed by atoms with Gasteiger partial charge in [-0.25, -0.2) is 4.79 Å². The number of likely N-dealkylation sites (tertiary alicyclic amines) is 1. The van der Waals surface area contributed by atoms with E-state index in [0.717, 1.165) is 4.90 Å². The molecule has 0 spiro atoms. The molecule has 0 radical (unpaired) electrons. The summed E-state index contributed by atoms with van der Waals surface area (Å²) in [5, 5.41) is 9.00. The van der Waals surface area contributed by atoms with Crippen LogP contribution in [-0.4, -0.2) is 33.8 Å². The summed E-state index contributed by atoms with van der Waals surface area (Å²) in [6.07, 6.45) is 2.26. The van der Waals surface area contributed by atoms with Crippen molar-refractivity contribution < 1.29 is 23.9 Å². The van der Waals surface area contributed by atoms with E-state index in [4.69, 9.17) is 9.52 Å². The number of furan rings is 1. The molecule has 1 unspecified atom stereocenters. The quantitative estimate of drug-likeness (QED) is 0.771. The average molecular weight is 237 g/mol. The minimum absolute atomic E-state index is 0.0218. The van der Waals surface area contributed by atoms with Crippen LogP contribution in [-0.2, 0) is 9.59 Å². The van der Waals surface area contributed by atoms with E-state index >= 15 is 0 Å². The van der Waals surface area contributed by atoms with Crippen molar-refractivity contribution in [2.45, 2.75) is 25.3 Å². The largest absolute Gasteiger partial charge is 0.480 e. The van der Waals surface area contributed by atoms with E-state index in [1.54, 1.807) is 0 Å². The number of hydrogen-bond acceptors (Lipinski definition) is 4. The second kappa shape index (κ2) is 4.40. The molecule has 0 saturated carbocycles. The Kier molecular flexibility index (Phi) is 2.95. The number of hydrogen-bond donors (Lipinski definition) is 1. The summed E-state index contributed by atoms with van der Waals surface area (Å²) >= 11 is 0. The van der Waals surface area contributed by atoms with Gasteiger partial charge in [0.2, 0.25) is 5.91 Å². The first-order valence-electron chi connectivity index (χ1n) is 5.24. The summed E-state index contributed by atoms with van der Waals surface area (Å²) < 4.78 is 4.89. The zero-order chi connectivity index (χ0) is 12.4. The summed E-state index contributed by atoms with van der Waals surface area (Å²) in [4.78, 5) is 35.4. The fourth-order valence-electron chi connectivity index (χ4n) is 1.88. The van der Waals surface area contributed by atoms with Crippen LogP contribution in [0.3, 0.4) is 0 Å². The van der Waals surface area contributed by atoms with Gasteiger partial charge in [-0.3, -0.25) is 14.5 Å². The molecule has 6 nitrogen and oxygen atoms in total. The Labute approximate surface area is 96.8 Å². The summed E-state index contributed by atoms with van der Waals surface area (Å²) in [6.45, 7) is 0. The molecule has 2 rings (SSSR count). The van der Waals surface area contributed by atoms with E-state index < -0.39 is 23.8 Å². The molecule has 2 heterocycles. The third kappa shape index (κ3) is 2.06. The van der Waals surface area contributed by atoms with Crippen LogP contribution in [0.2, 0.25) is 0 Å². The topological polar surface area (TPSA) is 87.8 Å². The van der Waals surface area contributed by atoms with Crippen LogP contribution in [0, 0.1) is 0 Å². The van der Waals surface area contributed by atoms with Gasteiger partial charge < -0.3 is 9.52 Å². The molecule has 0 aliphatic carbocycles. The number of imide groups is 1. The van der Waals surface area contributed by atoms with Crippen molar-refractivity contribution in [1.82, 2.24) is 4.90 Å². The van der Waals surface area contributed by atoms with Gasteiger partial charge in [0.15, 0.2) is 5.76 Å². The first-order chi connectivity index (χ1) is 8.11. The number of carbonyl (C=O) groups excluding carboxylic acids is 2. The lowest BCUT2D eigenvalue weighted by Crippen LogP contribution is -2.51. The van der Waals surface area contributed by atoms with Crippen LogP contribution in [0.25, 0.3) is 0 Å². The molecule has 1 aliphatic heterocycles. The molecule has 1 atom stereocenters. The first-order valence-corrected chi connectivity index (χ1v) is 5.24. The fraction of sp³-hybridized carbons (Fsp3) is 0.364. The van der Waals surface area contributed by atoms with Gasteiger partial charge in [0, 0.05) is 6.42 Å². The number of carboxylic acid groups (broad SMARTS) is 1. The zero-order valence-electron chi connectivity index (χ0n) is 8.96. The third-order valence-electron chi connectivity index (χ3n) is 2.68. The van der Waals surface area contributed by atoms with E-state index in [9.17, 15) is 14.4 Å². The Morgan fingerprint density at radius 1 is 1.47 bits per heavy atom. The van der Waals surface area contributed by atoms with Gasteiger partial charge in [0.1, 0.15) is 6.04 Å². The van der Waals surface area contributed by atoms with Crippen LogP contribution in [0.4, 0.5) is 0 Å². The van der Waals surface area contributed by atoms with Crippen LogP contribution < -0.4 is 0 Å². The van der Waals surface area contributed by atoms with Crippen LogP contribution >= 0.6 is 0 Å². The molecule has 2 amide bonds. The van der Waals surface area contributed by atoms with E-state index in [2.05, 4.69) is 0 Å². The number of carbonyl (C=O) groups is 3. The van der Waals surface area contributed by atoms with Crippen molar-refractivity contribution in [3.05, 3.63) is 24.2 Å². The SMILES string of the molecule is O=C(O)C1CCCC(=O)N1C(=O)c1ccco1. The predicted octanol–water partition coefficient (Wildman–Crippen LogP) is 0.886. The molecule has 6 heteroatoms. The van der Waals surface area contributed by atoms with E-state index in [0.29, 0.717) is 6.42 Å². The Balaban J connectivity index is 2.29. The maximum absolute atomic E-state index is 11.9. The lowest BCUT2D eigenvalue weighted by atomic mass is 10.0. The molecule has 90 valence electrons. The minimum atomic E-state index is -1.17. The van der Waals surface area contributed by atoms with Gasteiger partial charge in [-0.1, -0.05) is 0 Å². The zero-order valence-corrected chi connectivity index (χ0v) is 8.96. The standard InChI is InChI=1S/C11H11NO5/c13-9-5-1-3-7(11(15)16)12(9)10(14)8-4-2-6-17-8/h2,4,6-7H,1,3,5H2,(H,15,16). The van der Waals surface area contributed by atoms with Gasteiger partial charge >= 0.3 is 5.97 Å². The molecule has 0 aromatic carbocycles. The molecule has 1 aliphatic rings. The molecular formula is C11H11NO5. The van der Waals surface area contributed by atoms with Gasteiger partial charge in [-0.15, -0.1) is 0 Å². The van der Waals surface area contributed by atoms with Gasteiger partial charge in [-0.05, 0) is 25.0 Å². The van der Waals surface area contributed by atoms with E-state index in [1.807, 2.05) is 0 Å². The summed E-state index contributed by atoms with van der Waals surface area (Å²) in [5.74, 6) is -2.35. The number of nitrogens with zero attached hydrogens (tertiary/aromatic N) is 1. The number of carboxylic acids is 1. The van der Waals surface area contributed by atoms with E-state index in [1.165, 1.54) is 18.4 Å². The number of amides is 2. The van der Waals surface area contributed by atoms with Crippen molar-refractivity contribution in [1.29, 1.82) is 0 Å². The summed E-state index contributed by atoms with van der Waals surface area (Å²) in [6, 6.07) is 1.83. The Morgan fingerprint density at radius 3 is 2.82 bits per heavy atom. The van der Waals surface area contributed by atoms with Crippen molar-refractivity contribution in [3.8, 4) is 0 Å². The molecule has 1 aromatic heterocycles. The van der Waals surface area contributed by atoms with Crippen LogP contribution in [0.5, 0.6) is 0 Å². The van der Waals surface area contributed by atoms with Crippen molar-refractivity contribution in [2.75, 3.05) is 0 Å². The normalized spacial score (nSPS) is 20.4. The Bertz CT molecular complexity index is 450. The van der Waals surface area contributed by atoms with E-state index in [-0.39, 0.29) is 18.6 Å². The Morgan fingerprint density at radius 2 is 2.24 bits per heavy atom. The molecule has 0 bridgehead atoms. The van der Waals surface area contributed by atoms with Crippen molar-refractivity contribution in [2.24, 2.45) is 0 Å². The molecule has 1 saturated heterocycles. The van der Waals surface area contributed by atoms with Crippen LogP contribution in [0.15, 0.2) is 22.8 Å². The lowest BCUT2D eigenvalue weighted by Gasteiger charge is -2.30. The smallest absolute Gasteiger partial charge is 0.326 e. The van der Waals surface area contributed by atoms with Gasteiger partial charge in [0.25, 0.3) is 5.91 Å². The predicted molar refractivity (Wildman–Crippen MR) is 55.2 cm³/mol. The Hall–Kier alpha value is -2.11. The summed E-state index contributed by atoms with van der Waals surface area (Å²) in [7, 11) is 0. The minimum Gasteiger partial charge on any atom is -0.480 e. The summed E-state index contributed by atoms with van der Waals surface area (Å²) in [5.41, 5.74) is 0. The third-order valence-corrected chi connectivity index (χ3v) is 2.68. The molecule has 1 N–H and O–H groups in total. The van der Waals surface area contributed by atoms with Crippen molar-refractivity contribution in [3.63, 3.8) is 0 Å². The van der Waals surface area contributed by atoms with Gasteiger partial charge in [0.05, 0.1) is 6.26 Å². The molecule has 1 aromatic rings. The molecule has 17 heavy (non-hydrogen) atoms. The fourth-order valence-corrected chi connectivity index (χ4v) is 1.88. The maximum Gasteiger partial charge on any atom is 0.326 e. The number of aliphatic carboxylic acids is 1. The van der Waals surface area contributed by atoms with Crippen LogP contribution in [0.1, 0.15) is 29.8 Å². The van der Waals surface area contributed by atoms with Gasteiger partial charge in [-0.2, -0.15) is 0 Å². The highest BCUT2D eigenvalue weighted by atomic mass is 16.4. The number of piperidine rings is 1. The van der Waals surface area contributed by atoms with Crippen molar-refractivity contribution >= 4 is 17.8 Å². The molecule has 1 fully saturated rings. The monoisotopic (exact) mass is 237 g/mol. The maximum atomic E-state index is 11.9. The highest BCUT2D eigenvalue weighted by molar-refractivity contribution is 6.06. The lowest BCUT2D eigenvalue weighted by molar-refractivity contribution is -0.150. The second-order valence-corrected chi connectivity index (χ2v) is 3.79. The first kappa shape index (κ1) is 11.4.